The van der Waals surface area contributed by atoms with Gasteiger partial charge in [-0.15, -0.1) is 0 Å². The summed E-state index contributed by atoms with van der Waals surface area (Å²) < 4.78 is 9.88. The maximum atomic E-state index is 12.5. The summed E-state index contributed by atoms with van der Waals surface area (Å²) in [6.45, 7) is 1.74. The molecule has 12 nitrogen and oxygen atoms in total. The molecule has 6 N–H and O–H groups in total. The summed E-state index contributed by atoms with van der Waals surface area (Å²) in [4.78, 5) is 24.9. The molecule has 0 saturated carbocycles. The van der Waals surface area contributed by atoms with Crippen LogP contribution in [0.1, 0.15) is 24.5 Å². The highest BCUT2D eigenvalue weighted by Gasteiger charge is 2.16. The number of amides is 2. The van der Waals surface area contributed by atoms with Gasteiger partial charge in [0.05, 0.1) is 14.2 Å². The zero-order chi connectivity index (χ0) is 28.4. The Balaban J connectivity index is 2.00. The first-order chi connectivity index (χ1) is 18.0. The number of nitrogens with one attached hydrogen (secondary N) is 2. The minimum absolute atomic E-state index is 0.0364. The van der Waals surface area contributed by atoms with E-state index in [2.05, 4.69) is 10.6 Å². The number of nitrogens with zero attached hydrogens (tertiary/aromatic N) is 2. The number of carbonyl (C=O) groups excluding carboxylic acids is 2. The summed E-state index contributed by atoms with van der Waals surface area (Å²) in [6, 6.07) is 8.07. The van der Waals surface area contributed by atoms with E-state index in [1.54, 1.807) is 19.1 Å². The molecule has 1 atom stereocenters. The quantitative estimate of drug-likeness (QED) is 0.152. The van der Waals surface area contributed by atoms with Crippen molar-refractivity contribution in [1.29, 1.82) is 10.5 Å². The van der Waals surface area contributed by atoms with Gasteiger partial charge in [-0.3, -0.25) is 9.59 Å². The lowest BCUT2D eigenvalue weighted by molar-refractivity contribution is -0.117. The molecule has 0 aliphatic rings. The van der Waals surface area contributed by atoms with Crippen molar-refractivity contribution in [1.82, 2.24) is 10.6 Å². The second-order valence-corrected chi connectivity index (χ2v) is 7.94. The number of benzene rings is 2. The van der Waals surface area contributed by atoms with E-state index < -0.39 is 40.9 Å². The van der Waals surface area contributed by atoms with Crippen LogP contribution < -0.4 is 20.1 Å². The number of phenols is 4. The molecule has 12 heteroatoms. The average molecular weight is 523 g/mol. The van der Waals surface area contributed by atoms with Gasteiger partial charge in [0.25, 0.3) is 11.8 Å². The molecule has 2 aromatic carbocycles. The van der Waals surface area contributed by atoms with Crippen LogP contribution in [-0.4, -0.2) is 59.0 Å². The molecule has 0 aromatic heterocycles. The summed E-state index contributed by atoms with van der Waals surface area (Å²) in [7, 11) is 2.57. The maximum Gasteiger partial charge on any atom is 0.262 e. The van der Waals surface area contributed by atoms with E-state index in [0.29, 0.717) is 0 Å². The van der Waals surface area contributed by atoms with Crippen LogP contribution in [0.4, 0.5) is 0 Å². The van der Waals surface area contributed by atoms with E-state index in [0.717, 1.165) is 12.1 Å². The molecule has 0 saturated heterocycles. The highest BCUT2D eigenvalue weighted by molar-refractivity contribution is 6.02. The Bertz CT molecular complexity index is 1370. The predicted octanol–water partition coefficient (Wildman–Crippen LogP) is 2.05. The first-order valence-corrected chi connectivity index (χ1v) is 11.1. The summed E-state index contributed by atoms with van der Waals surface area (Å²) in [6.07, 6.45) is 2.68. The van der Waals surface area contributed by atoms with Gasteiger partial charge in [-0.2, -0.15) is 10.5 Å². The zero-order valence-corrected chi connectivity index (χ0v) is 20.8. The molecule has 0 bridgehead atoms. The summed E-state index contributed by atoms with van der Waals surface area (Å²) in [5.74, 6) is -3.38. The molecule has 2 aromatic rings. The second-order valence-electron chi connectivity index (χ2n) is 7.94. The third kappa shape index (κ3) is 7.32. The normalized spacial score (nSPS) is 12.0. The number of hydrogen-bond donors (Lipinski definition) is 6. The van der Waals surface area contributed by atoms with Gasteiger partial charge in [0.15, 0.2) is 23.0 Å². The van der Waals surface area contributed by atoms with E-state index in [9.17, 15) is 40.5 Å². The molecule has 0 heterocycles. The minimum atomic E-state index is -0.698. The number of phenolic OH excluding ortho intramolecular Hbond substituents is 4. The van der Waals surface area contributed by atoms with Gasteiger partial charge in [-0.25, -0.2) is 0 Å². The maximum absolute atomic E-state index is 12.5. The SMILES string of the molecule is COc1cc(C=C(C#N)C(=O)NCCC(C)NC(=O)C(C#N)=Cc2cc(O)c(O)c(OC)c2)cc(O)c1O. The third-order valence-corrected chi connectivity index (χ3v) is 5.19. The van der Waals surface area contributed by atoms with Crippen molar-refractivity contribution < 1.29 is 39.5 Å². The van der Waals surface area contributed by atoms with Crippen LogP contribution in [0.3, 0.4) is 0 Å². The Hall–Kier alpha value is -5.36. The van der Waals surface area contributed by atoms with Crippen LogP contribution in [-0.2, 0) is 9.59 Å². The van der Waals surface area contributed by atoms with E-state index in [4.69, 9.17) is 9.47 Å². The number of nitriles is 2. The molecule has 198 valence electrons. The highest BCUT2D eigenvalue weighted by atomic mass is 16.5. The first-order valence-electron chi connectivity index (χ1n) is 11.1. The molecular weight excluding hydrogens is 496 g/mol. The Morgan fingerprint density at radius 3 is 1.74 bits per heavy atom. The number of ether oxygens (including phenoxy) is 2. The largest absolute Gasteiger partial charge is 0.504 e. The van der Waals surface area contributed by atoms with Crippen LogP contribution in [0, 0.1) is 22.7 Å². The number of methoxy groups -OCH3 is 2. The molecule has 1 unspecified atom stereocenters. The van der Waals surface area contributed by atoms with Crippen LogP contribution >= 0.6 is 0 Å². The van der Waals surface area contributed by atoms with Crippen molar-refractivity contribution >= 4 is 24.0 Å². The Kier molecular flexibility index (Phi) is 9.94. The number of rotatable bonds is 10. The van der Waals surface area contributed by atoms with Crippen molar-refractivity contribution in [2.45, 2.75) is 19.4 Å². The standard InChI is InChI=1S/C26H26N4O8/c1-14(30-26(36)18(13-28)7-16-9-20(32)24(34)22(11-16)38-3)4-5-29-25(35)17(12-27)6-15-8-19(31)23(33)21(10-15)37-2/h6-11,14,31-34H,4-5H2,1-3H3,(H,29,35)(H,30,36). The van der Waals surface area contributed by atoms with Gasteiger partial charge < -0.3 is 40.5 Å². The molecule has 38 heavy (non-hydrogen) atoms. The van der Waals surface area contributed by atoms with Crippen LogP contribution in [0.25, 0.3) is 12.2 Å². The fourth-order valence-electron chi connectivity index (χ4n) is 3.21. The lowest BCUT2D eigenvalue weighted by atomic mass is 10.1. The third-order valence-electron chi connectivity index (χ3n) is 5.19. The second kappa shape index (κ2) is 13.1. The van der Waals surface area contributed by atoms with Gasteiger partial charge in [-0.05, 0) is 60.9 Å². The highest BCUT2D eigenvalue weighted by Crippen LogP contribution is 2.37. The zero-order valence-electron chi connectivity index (χ0n) is 20.8. The van der Waals surface area contributed by atoms with Gasteiger partial charge >= 0.3 is 0 Å². The van der Waals surface area contributed by atoms with Crippen LogP contribution in [0.2, 0.25) is 0 Å². The number of hydrogen-bond acceptors (Lipinski definition) is 10. The van der Waals surface area contributed by atoms with Crippen molar-refractivity contribution in [2.24, 2.45) is 0 Å². The fraction of sp³-hybridized carbons (Fsp3) is 0.231. The molecule has 0 spiro atoms. The van der Waals surface area contributed by atoms with Crippen LogP contribution in [0.15, 0.2) is 35.4 Å². The number of carbonyl (C=O) groups is 2. The number of aromatic hydroxyl groups is 4. The molecule has 2 amide bonds. The molecule has 0 aliphatic carbocycles. The summed E-state index contributed by atoms with van der Waals surface area (Å²) >= 11 is 0. The van der Waals surface area contributed by atoms with E-state index in [-0.39, 0.29) is 46.7 Å². The summed E-state index contributed by atoms with van der Waals surface area (Å²) in [5, 5.41) is 62.9. The molecule has 0 fully saturated rings. The molecule has 0 radical (unpaired) electrons. The lowest BCUT2D eigenvalue weighted by Crippen LogP contribution is -2.36. The Morgan fingerprint density at radius 1 is 0.868 bits per heavy atom. The Morgan fingerprint density at radius 2 is 1.32 bits per heavy atom. The molecular formula is C26H26N4O8. The van der Waals surface area contributed by atoms with E-state index in [1.165, 1.54) is 38.5 Å². The average Bonchev–Trinajstić information content (AvgIpc) is 2.89. The van der Waals surface area contributed by atoms with Crippen LogP contribution in [0.5, 0.6) is 34.5 Å². The predicted molar refractivity (Wildman–Crippen MR) is 135 cm³/mol. The van der Waals surface area contributed by atoms with Gasteiger partial charge in [-0.1, -0.05) is 0 Å². The first kappa shape index (κ1) is 28.9. The van der Waals surface area contributed by atoms with E-state index in [1.807, 2.05) is 0 Å². The molecule has 2 rings (SSSR count). The van der Waals surface area contributed by atoms with E-state index >= 15 is 0 Å². The lowest BCUT2D eigenvalue weighted by Gasteiger charge is -2.14. The van der Waals surface area contributed by atoms with Crippen molar-refractivity contribution in [3.8, 4) is 46.6 Å². The fourth-order valence-corrected chi connectivity index (χ4v) is 3.21. The van der Waals surface area contributed by atoms with Crippen molar-refractivity contribution in [3.05, 3.63) is 46.5 Å². The smallest absolute Gasteiger partial charge is 0.262 e. The Labute approximate surface area is 218 Å². The van der Waals surface area contributed by atoms with Gasteiger partial charge in [0.1, 0.15) is 23.3 Å². The van der Waals surface area contributed by atoms with Crippen molar-refractivity contribution in [3.63, 3.8) is 0 Å². The topological polar surface area (TPSA) is 205 Å². The van der Waals surface area contributed by atoms with Gasteiger partial charge in [0, 0.05) is 12.6 Å². The minimum Gasteiger partial charge on any atom is -0.504 e. The summed E-state index contributed by atoms with van der Waals surface area (Å²) in [5.41, 5.74) is -0.0366. The van der Waals surface area contributed by atoms with Gasteiger partial charge in [0.2, 0.25) is 11.5 Å². The molecule has 0 aliphatic heterocycles. The monoisotopic (exact) mass is 522 g/mol. The van der Waals surface area contributed by atoms with Crippen molar-refractivity contribution in [2.75, 3.05) is 20.8 Å².